The van der Waals surface area contributed by atoms with Crippen molar-refractivity contribution in [2.45, 2.75) is 39.5 Å². The monoisotopic (exact) mass is 179 g/mol. The summed E-state index contributed by atoms with van der Waals surface area (Å²) >= 11 is 0. The molecule has 0 rings (SSSR count). The Morgan fingerprint density at radius 3 is 2.00 bits per heavy atom. The van der Waals surface area contributed by atoms with Crippen LogP contribution in [0.2, 0.25) is 0 Å². The van der Waals surface area contributed by atoms with Gasteiger partial charge in [-0.15, -0.1) is 0 Å². The molecular formula is C8H19OTi-. The van der Waals surface area contributed by atoms with Crippen LogP contribution in [0.15, 0.2) is 0 Å². The molecule has 0 heterocycles. The molecule has 0 aliphatic rings. The molecule has 0 amide bonds. The number of hydrogen-bond acceptors (Lipinski definition) is 0. The third-order valence-corrected chi connectivity index (χ3v) is 1.28. The summed E-state index contributed by atoms with van der Waals surface area (Å²) in [4.78, 5) is 0. The molecule has 2 N–H and O–H groups in total. The van der Waals surface area contributed by atoms with Crippen molar-refractivity contribution in [3.8, 4) is 0 Å². The molecule has 10 heavy (non-hydrogen) atoms. The first-order valence-electron chi connectivity index (χ1n) is 3.56. The predicted octanol–water partition coefficient (Wildman–Crippen LogP) is 2.21. The fraction of sp³-hybridized carbons (Fsp3) is 0.875. The van der Waals surface area contributed by atoms with Gasteiger partial charge < -0.3 is 12.4 Å². The van der Waals surface area contributed by atoms with Gasteiger partial charge in [-0.1, -0.05) is 33.1 Å². The molecule has 0 aliphatic heterocycles. The molecular weight excluding hydrogens is 160 g/mol. The van der Waals surface area contributed by atoms with Gasteiger partial charge >= 0.3 is 0 Å². The number of hydrogen-bond donors (Lipinski definition) is 0. The second-order valence-electron chi connectivity index (χ2n) is 2.74. The van der Waals surface area contributed by atoms with Gasteiger partial charge in [-0.2, -0.15) is 6.42 Å². The first-order valence-corrected chi connectivity index (χ1v) is 3.56. The van der Waals surface area contributed by atoms with E-state index in [-0.39, 0.29) is 27.2 Å². The predicted molar refractivity (Wildman–Crippen MR) is 42.3 cm³/mol. The van der Waals surface area contributed by atoms with Crippen LogP contribution >= 0.6 is 0 Å². The van der Waals surface area contributed by atoms with Gasteiger partial charge in [-0.3, -0.25) is 0 Å². The fourth-order valence-electron chi connectivity index (χ4n) is 0.729. The van der Waals surface area contributed by atoms with Crippen LogP contribution in [0.5, 0.6) is 0 Å². The van der Waals surface area contributed by atoms with Gasteiger partial charge in [0.25, 0.3) is 0 Å². The van der Waals surface area contributed by atoms with E-state index in [1.165, 1.54) is 19.3 Å². The smallest absolute Gasteiger partial charge is 0 e. The van der Waals surface area contributed by atoms with Crippen LogP contribution in [-0.4, -0.2) is 5.48 Å². The molecule has 0 radical (unpaired) electrons. The molecule has 1 nitrogen and oxygen atoms in total. The fourth-order valence-corrected chi connectivity index (χ4v) is 0.729. The molecule has 62 valence electrons. The van der Waals surface area contributed by atoms with E-state index in [4.69, 9.17) is 0 Å². The first-order chi connectivity index (χ1) is 3.77. The SMILES string of the molecule is O.[CH2-]CCCCC(C)C.[Ti]. The summed E-state index contributed by atoms with van der Waals surface area (Å²) in [5, 5.41) is 0. The quantitative estimate of drug-likeness (QED) is 0.360. The largest absolute Gasteiger partial charge is 0.412 e. The van der Waals surface area contributed by atoms with E-state index in [2.05, 4.69) is 20.8 Å². The summed E-state index contributed by atoms with van der Waals surface area (Å²) in [6.45, 7) is 8.32. The summed E-state index contributed by atoms with van der Waals surface area (Å²) in [5.74, 6) is 0.876. The third kappa shape index (κ3) is 15.9. The Kier molecular flexibility index (Phi) is 21.0. The Balaban J connectivity index is -0.000000245. The molecule has 2 heteroatoms. The maximum absolute atomic E-state index is 3.78. The van der Waals surface area contributed by atoms with Crippen molar-refractivity contribution in [2.75, 3.05) is 0 Å². The van der Waals surface area contributed by atoms with E-state index in [0.717, 1.165) is 12.3 Å². The molecule has 0 aliphatic carbocycles. The van der Waals surface area contributed by atoms with Crippen LogP contribution in [-0.2, 0) is 21.7 Å². The van der Waals surface area contributed by atoms with Gasteiger partial charge in [0, 0.05) is 21.7 Å². The molecule has 0 aromatic heterocycles. The average molecular weight is 179 g/mol. The molecule has 0 bridgehead atoms. The van der Waals surface area contributed by atoms with Crippen LogP contribution in [0, 0.1) is 12.8 Å². The van der Waals surface area contributed by atoms with Crippen molar-refractivity contribution >= 4 is 0 Å². The summed E-state index contributed by atoms with van der Waals surface area (Å²) < 4.78 is 0. The van der Waals surface area contributed by atoms with Gasteiger partial charge in [0.15, 0.2) is 0 Å². The third-order valence-electron chi connectivity index (χ3n) is 1.28. The molecule has 0 saturated heterocycles. The zero-order valence-corrected chi connectivity index (χ0v) is 8.67. The van der Waals surface area contributed by atoms with Gasteiger partial charge in [-0.05, 0) is 5.92 Å². The van der Waals surface area contributed by atoms with E-state index in [1.807, 2.05) is 0 Å². The van der Waals surface area contributed by atoms with Crippen molar-refractivity contribution in [1.82, 2.24) is 0 Å². The summed E-state index contributed by atoms with van der Waals surface area (Å²) in [5.41, 5.74) is 0. The molecule has 0 aromatic carbocycles. The molecule has 0 spiro atoms. The van der Waals surface area contributed by atoms with Crippen LogP contribution in [0.3, 0.4) is 0 Å². The van der Waals surface area contributed by atoms with Crippen molar-refractivity contribution in [3.63, 3.8) is 0 Å². The average Bonchev–Trinajstić information content (AvgIpc) is 1.66. The molecule has 0 atom stereocenters. The van der Waals surface area contributed by atoms with Crippen LogP contribution < -0.4 is 0 Å². The standard InChI is InChI=1S/C8H17.H2O.Ti/c1-4-5-6-7-8(2)3;;/h8H,1,4-7H2,2-3H3;1H2;/q-1;;. The van der Waals surface area contributed by atoms with Gasteiger partial charge in [0.05, 0.1) is 0 Å². The topological polar surface area (TPSA) is 31.5 Å². The van der Waals surface area contributed by atoms with Gasteiger partial charge in [-0.25, -0.2) is 0 Å². The zero-order chi connectivity index (χ0) is 6.41. The van der Waals surface area contributed by atoms with Crippen molar-refractivity contribution in [1.29, 1.82) is 0 Å². The van der Waals surface area contributed by atoms with Crippen molar-refractivity contribution in [3.05, 3.63) is 6.92 Å². The Morgan fingerprint density at radius 2 is 1.70 bits per heavy atom. The van der Waals surface area contributed by atoms with Gasteiger partial charge in [0.1, 0.15) is 0 Å². The Labute approximate surface area is 79.8 Å². The number of rotatable bonds is 4. The van der Waals surface area contributed by atoms with E-state index in [0.29, 0.717) is 0 Å². The summed E-state index contributed by atoms with van der Waals surface area (Å²) in [7, 11) is 0. The molecule has 0 unspecified atom stereocenters. The summed E-state index contributed by atoms with van der Waals surface area (Å²) in [6, 6.07) is 0. The minimum Gasteiger partial charge on any atom is -0.412 e. The Hall–Kier alpha value is 0.674. The Morgan fingerprint density at radius 1 is 1.20 bits per heavy atom. The van der Waals surface area contributed by atoms with Crippen LogP contribution in [0.4, 0.5) is 0 Å². The van der Waals surface area contributed by atoms with E-state index < -0.39 is 0 Å². The minimum absolute atomic E-state index is 0. The van der Waals surface area contributed by atoms with Crippen LogP contribution in [0.1, 0.15) is 39.5 Å². The molecule has 0 fully saturated rings. The Bertz CT molecular complexity index is 46.5. The van der Waals surface area contributed by atoms with Gasteiger partial charge in [0.2, 0.25) is 0 Å². The zero-order valence-electron chi connectivity index (χ0n) is 7.11. The van der Waals surface area contributed by atoms with E-state index >= 15 is 0 Å². The number of unbranched alkanes of at least 4 members (excludes halogenated alkanes) is 2. The second-order valence-corrected chi connectivity index (χ2v) is 2.74. The van der Waals surface area contributed by atoms with Crippen molar-refractivity contribution < 1.29 is 27.2 Å². The molecule has 0 aromatic rings. The second kappa shape index (κ2) is 12.4. The van der Waals surface area contributed by atoms with Crippen LogP contribution in [0.25, 0.3) is 0 Å². The normalized spacial score (nSPS) is 8.40. The van der Waals surface area contributed by atoms with E-state index in [1.54, 1.807) is 0 Å². The maximum atomic E-state index is 3.78. The summed E-state index contributed by atoms with van der Waals surface area (Å²) in [6.07, 6.45) is 5.14. The first kappa shape index (κ1) is 17.0. The minimum atomic E-state index is 0. The molecule has 0 saturated carbocycles. The maximum Gasteiger partial charge on any atom is 0 e. The van der Waals surface area contributed by atoms with E-state index in [9.17, 15) is 0 Å². The van der Waals surface area contributed by atoms with Crippen molar-refractivity contribution in [2.24, 2.45) is 5.92 Å².